The highest BCUT2D eigenvalue weighted by molar-refractivity contribution is 5.14. The van der Waals surface area contributed by atoms with E-state index in [1.807, 2.05) is 0 Å². The average Bonchev–Trinajstić information content (AvgIpc) is 3.14. The normalized spacial score (nSPS) is 22.1. The fourth-order valence-corrected chi connectivity index (χ4v) is 2.95. The molecule has 1 unspecified atom stereocenters. The molecular formula is C16H20N4O2. The highest BCUT2D eigenvalue weighted by Crippen LogP contribution is 2.40. The number of nitrogens with zero attached hydrogens (tertiary/aromatic N) is 4. The van der Waals surface area contributed by atoms with E-state index < -0.39 is 0 Å². The predicted octanol–water partition coefficient (Wildman–Crippen LogP) is 2.24. The van der Waals surface area contributed by atoms with Gasteiger partial charge in [-0.05, 0) is 25.8 Å². The number of likely N-dealkylation sites (tertiary alicyclic amines) is 1. The number of hydrogen-bond donors (Lipinski definition) is 0. The molecule has 0 bridgehead atoms. The summed E-state index contributed by atoms with van der Waals surface area (Å²) < 4.78 is 11.1. The van der Waals surface area contributed by atoms with Crippen molar-refractivity contribution in [3.63, 3.8) is 0 Å². The van der Waals surface area contributed by atoms with Crippen LogP contribution in [-0.2, 0) is 6.54 Å². The molecule has 0 N–H and O–H groups in total. The van der Waals surface area contributed by atoms with Crippen molar-refractivity contribution < 1.29 is 9.26 Å². The van der Waals surface area contributed by atoms with Crippen molar-refractivity contribution in [2.45, 2.75) is 31.7 Å². The Morgan fingerprint density at radius 3 is 3.05 bits per heavy atom. The summed E-state index contributed by atoms with van der Waals surface area (Å²) >= 11 is 0. The van der Waals surface area contributed by atoms with Gasteiger partial charge in [0.25, 0.3) is 0 Å². The third-order valence-electron chi connectivity index (χ3n) is 4.32. The summed E-state index contributed by atoms with van der Waals surface area (Å²) in [6, 6.07) is 2.13. The van der Waals surface area contributed by atoms with E-state index >= 15 is 0 Å². The third kappa shape index (κ3) is 3.27. The molecule has 116 valence electrons. The topological polar surface area (TPSA) is 64.3 Å². The molecule has 2 aromatic heterocycles. The van der Waals surface area contributed by atoms with E-state index in [-0.39, 0.29) is 0 Å². The molecule has 2 aromatic rings. The van der Waals surface area contributed by atoms with Crippen LogP contribution in [0.5, 0.6) is 5.88 Å². The first-order valence-corrected chi connectivity index (χ1v) is 7.93. The minimum Gasteiger partial charge on any atom is -0.476 e. The van der Waals surface area contributed by atoms with Gasteiger partial charge in [0.2, 0.25) is 5.88 Å². The molecule has 2 fully saturated rings. The minimum atomic E-state index is 0.539. The zero-order valence-corrected chi connectivity index (χ0v) is 12.5. The molecule has 6 heteroatoms. The first-order chi connectivity index (χ1) is 10.9. The van der Waals surface area contributed by atoms with Gasteiger partial charge < -0.3 is 9.26 Å². The maximum Gasteiger partial charge on any atom is 0.232 e. The Morgan fingerprint density at radius 1 is 1.27 bits per heavy atom. The molecule has 1 saturated heterocycles. The molecule has 1 aliphatic carbocycles. The van der Waals surface area contributed by atoms with Gasteiger partial charge in [0.05, 0.1) is 18.5 Å². The molecule has 6 nitrogen and oxygen atoms in total. The van der Waals surface area contributed by atoms with Crippen LogP contribution in [0.25, 0.3) is 0 Å². The number of hydrogen-bond acceptors (Lipinski definition) is 6. The average molecular weight is 300 g/mol. The molecule has 1 saturated carbocycles. The molecule has 0 radical (unpaired) electrons. The molecule has 3 heterocycles. The minimum absolute atomic E-state index is 0.539. The van der Waals surface area contributed by atoms with E-state index in [9.17, 15) is 0 Å². The smallest absolute Gasteiger partial charge is 0.232 e. The molecule has 2 aliphatic rings. The first-order valence-electron chi connectivity index (χ1n) is 7.93. The maximum absolute atomic E-state index is 5.70. The summed E-state index contributed by atoms with van der Waals surface area (Å²) in [4.78, 5) is 10.6. The summed E-state index contributed by atoms with van der Waals surface area (Å²) in [5.74, 6) is 2.84. The lowest BCUT2D eigenvalue weighted by molar-refractivity contribution is 0.229. The largest absolute Gasteiger partial charge is 0.476 e. The molecule has 22 heavy (non-hydrogen) atoms. The SMILES string of the molecule is c1cnc(OCC2CCN(Cc3cc(C4CC4)on3)C2)cn1. The van der Waals surface area contributed by atoms with Crippen molar-refractivity contribution in [2.75, 3.05) is 19.7 Å². The van der Waals surface area contributed by atoms with Gasteiger partial charge in [-0.15, -0.1) is 0 Å². The summed E-state index contributed by atoms with van der Waals surface area (Å²) in [5.41, 5.74) is 1.05. The van der Waals surface area contributed by atoms with Gasteiger partial charge >= 0.3 is 0 Å². The summed E-state index contributed by atoms with van der Waals surface area (Å²) in [6.07, 6.45) is 8.60. The molecule has 1 aliphatic heterocycles. The Hall–Kier alpha value is -1.95. The zero-order chi connectivity index (χ0) is 14.8. The predicted molar refractivity (Wildman–Crippen MR) is 79.4 cm³/mol. The fraction of sp³-hybridized carbons (Fsp3) is 0.562. The lowest BCUT2D eigenvalue weighted by atomic mass is 10.1. The van der Waals surface area contributed by atoms with E-state index in [1.54, 1.807) is 18.6 Å². The Kier molecular flexibility index (Phi) is 3.76. The Morgan fingerprint density at radius 2 is 2.23 bits per heavy atom. The van der Waals surface area contributed by atoms with Crippen LogP contribution < -0.4 is 4.74 Å². The van der Waals surface area contributed by atoms with Crippen molar-refractivity contribution in [3.8, 4) is 5.88 Å². The van der Waals surface area contributed by atoms with E-state index in [1.165, 1.54) is 12.8 Å². The van der Waals surface area contributed by atoms with Crippen molar-refractivity contribution in [1.29, 1.82) is 0 Å². The van der Waals surface area contributed by atoms with Crippen LogP contribution in [0.2, 0.25) is 0 Å². The van der Waals surface area contributed by atoms with E-state index in [0.29, 0.717) is 24.3 Å². The second kappa shape index (κ2) is 6.04. The number of rotatable bonds is 6. The Balaban J connectivity index is 1.25. The van der Waals surface area contributed by atoms with Crippen LogP contribution in [-0.4, -0.2) is 39.7 Å². The lowest BCUT2D eigenvalue weighted by Crippen LogP contribution is -2.22. The number of aromatic nitrogens is 3. The van der Waals surface area contributed by atoms with Gasteiger partial charge in [0.15, 0.2) is 0 Å². The monoisotopic (exact) mass is 300 g/mol. The van der Waals surface area contributed by atoms with Gasteiger partial charge in [-0.25, -0.2) is 4.98 Å². The van der Waals surface area contributed by atoms with Crippen molar-refractivity contribution in [3.05, 3.63) is 36.1 Å². The molecule has 1 atom stereocenters. The van der Waals surface area contributed by atoms with Crippen molar-refractivity contribution in [2.24, 2.45) is 5.92 Å². The molecule has 0 spiro atoms. The quantitative estimate of drug-likeness (QED) is 0.815. The van der Waals surface area contributed by atoms with Gasteiger partial charge in [-0.2, -0.15) is 0 Å². The molecular weight excluding hydrogens is 280 g/mol. The van der Waals surface area contributed by atoms with Crippen LogP contribution >= 0.6 is 0 Å². The molecule has 4 rings (SSSR count). The maximum atomic E-state index is 5.70. The Labute approximate surface area is 129 Å². The highest BCUT2D eigenvalue weighted by Gasteiger charge is 2.29. The summed E-state index contributed by atoms with van der Waals surface area (Å²) in [6.45, 7) is 3.69. The van der Waals surface area contributed by atoms with E-state index in [4.69, 9.17) is 9.26 Å². The van der Waals surface area contributed by atoms with Crippen LogP contribution in [0.4, 0.5) is 0 Å². The summed E-state index contributed by atoms with van der Waals surface area (Å²) in [5, 5.41) is 4.19. The molecule has 0 aromatic carbocycles. The van der Waals surface area contributed by atoms with Gasteiger partial charge in [-0.1, -0.05) is 5.16 Å². The number of ether oxygens (including phenoxy) is 1. The third-order valence-corrected chi connectivity index (χ3v) is 4.32. The van der Waals surface area contributed by atoms with Crippen molar-refractivity contribution >= 4 is 0 Å². The van der Waals surface area contributed by atoms with Crippen LogP contribution in [0.15, 0.2) is 29.2 Å². The second-order valence-electron chi connectivity index (χ2n) is 6.24. The van der Waals surface area contributed by atoms with Crippen molar-refractivity contribution in [1.82, 2.24) is 20.0 Å². The van der Waals surface area contributed by atoms with Gasteiger partial charge in [0, 0.05) is 43.4 Å². The van der Waals surface area contributed by atoms with Gasteiger partial charge in [-0.3, -0.25) is 9.88 Å². The van der Waals surface area contributed by atoms with Crippen LogP contribution in [0.3, 0.4) is 0 Å². The fourth-order valence-electron chi connectivity index (χ4n) is 2.95. The first kappa shape index (κ1) is 13.7. The Bertz CT molecular complexity index is 612. The highest BCUT2D eigenvalue weighted by atomic mass is 16.5. The second-order valence-corrected chi connectivity index (χ2v) is 6.24. The van der Waals surface area contributed by atoms with Crippen LogP contribution in [0, 0.1) is 5.92 Å². The molecule has 0 amide bonds. The van der Waals surface area contributed by atoms with Crippen LogP contribution in [0.1, 0.15) is 36.6 Å². The standard InChI is InChI=1S/C16H20N4O2/c1-2-13(1)15-7-14(19-22-15)10-20-6-3-12(9-20)11-21-16-8-17-4-5-18-16/h4-5,7-8,12-13H,1-3,6,9-11H2. The lowest BCUT2D eigenvalue weighted by Gasteiger charge is -2.14. The van der Waals surface area contributed by atoms with E-state index in [2.05, 4.69) is 26.1 Å². The van der Waals surface area contributed by atoms with Gasteiger partial charge in [0.1, 0.15) is 5.76 Å². The zero-order valence-electron chi connectivity index (χ0n) is 12.5. The summed E-state index contributed by atoms with van der Waals surface area (Å²) in [7, 11) is 0. The van der Waals surface area contributed by atoms with E-state index in [0.717, 1.165) is 37.5 Å².